The van der Waals surface area contributed by atoms with E-state index in [2.05, 4.69) is 0 Å². The van der Waals surface area contributed by atoms with Crippen molar-refractivity contribution in [3.05, 3.63) is 30.1 Å². The van der Waals surface area contributed by atoms with Crippen LogP contribution in [-0.2, 0) is 19.2 Å². The fourth-order valence-corrected chi connectivity index (χ4v) is 1.77. The maximum atomic E-state index is 12.7. The van der Waals surface area contributed by atoms with Gasteiger partial charge in [-0.1, -0.05) is 0 Å². The van der Waals surface area contributed by atoms with Gasteiger partial charge < -0.3 is 0 Å². The number of rotatable bonds is 2. The molecule has 0 radical (unpaired) electrons. The van der Waals surface area contributed by atoms with Crippen LogP contribution >= 0.6 is 0 Å². The minimum atomic E-state index is -1.57. The number of benzene rings is 1. The maximum Gasteiger partial charge on any atom is 0.302 e. The second-order valence-corrected chi connectivity index (χ2v) is 3.86. The van der Waals surface area contributed by atoms with Crippen molar-refractivity contribution in [2.75, 3.05) is 4.90 Å². The quantitative estimate of drug-likeness (QED) is 0.434. The molecule has 2 rings (SSSR count). The number of hydrogen-bond acceptors (Lipinski definition) is 4. The van der Waals surface area contributed by atoms with Crippen molar-refractivity contribution < 1.29 is 23.6 Å². The van der Waals surface area contributed by atoms with Gasteiger partial charge in [0.25, 0.3) is 5.91 Å². The summed E-state index contributed by atoms with van der Waals surface area (Å²) in [4.78, 5) is 46.7. The van der Waals surface area contributed by atoms with E-state index in [9.17, 15) is 23.6 Å². The van der Waals surface area contributed by atoms with Crippen LogP contribution in [0.15, 0.2) is 24.3 Å². The molecule has 1 aliphatic heterocycles. The molecule has 1 aromatic carbocycles. The summed E-state index contributed by atoms with van der Waals surface area (Å²) in [5.74, 6) is -5.77. The first-order valence-electron chi connectivity index (χ1n) is 5.11. The summed E-state index contributed by atoms with van der Waals surface area (Å²) in [6.45, 7) is 1.07. The van der Waals surface area contributed by atoms with Crippen LogP contribution in [-0.4, -0.2) is 23.4 Å². The summed E-state index contributed by atoms with van der Waals surface area (Å²) in [5, 5.41) is 0. The summed E-state index contributed by atoms with van der Waals surface area (Å²) >= 11 is 0. The van der Waals surface area contributed by atoms with Crippen molar-refractivity contribution in [1.82, 2.24) is 0 Å². The number of imide groups is 1. The monoisotopic (exact) mass is 249 g/mol. The Morgan fingerprint density at radius 1 is 1.17 bits per heavy atom. The van der Waals surface area contributed by atoms with Gasteiger partial charge in [-0.05, 0) is 31.2 Å². The molecule has 1 heterocycles. The molecule has 0 aromatic heterocycles. The van der Waals surface area contributed by atoms with Gasteiger partial charge in [-0.3, -0.25) is 19.2 Å². The van der Waals surface area contributed by atoms with E-state index in [1.54, 1.807) is 0 Å². The van der Waals surface area contributed by atoms with E-state index in [1.165, 1.54) is 12.1 Å². The molecule has 1 aliphatic rings. The number of anilines is 1. The zero-order chi connectivity index (χ0) is 13.4. The molecular formula is C12H8FNO4. The normalized spacial score (nSPS) is 19.6. The summed E-state index contributed by atoms with van der Waals surface area (Å²) in [6.07, 6.45) is 0. The summed E-state index contributed by atoms with van der Waals surface area (Å²) < 4.78 is 12.7. The van der Waals surface area contributed by atoms with Crippen molar-refractivity contribution in [2.45, 2.75) is 6.92 Å². The molecule has 1 saturated heterocycles. The van der Waals surface area contributed by atoms with E-state index in [4.69, 9.17) is 0 Å². The third kappa shape index (κ3) is 1.71. The first kappa shape index (κ1) is 12.1. The van der Waals surface area contributed by atoms with Gasteiger partial charge in [0.2, 0.25) is 5.78 Å². The molecule has 0 aliphatic carbocycles. The topological polar surface area (TPSA) is 71.5 Å². The average Bonchev–Trinajstić information content (AvgIpc) is 2.52. The lowest BCUT2D eigenvalue weighted by Crippen LogP contribution is -2.31. The van der Waals surface area contributed by atoms with E-state index in [0.29, 0.717) is 4.90 Å². The Balaban J connectivity index is 2.43. The molecule has 92 valence electrons. The van der Waals surface area contributed by atoms with Crippen LogP contribution in [0.25, 0.3) is 0 Å². The molecular weight excluding hydrogens is 241 g/mol. The van der Waals surface area contributed by atoms with Gasteiger partial charge in [-0.15, -0.1) is 0 Å². The van der Waals surface area contributed by atoms with Gasteiger partial charge in [-0.25, -0.2) is 9.29 Å². The summed E-state index contributed by atoms with van der Waals surface area (Å²) in [7, 11) is 0. The van der Waals surface area contributed by atoms with E-state index in [1.807, 2.05) is 0 Å². The second kappa shape index (κ2) is 4.14. The maximum absolute atomic E-state index is 12.7. The van der Waals surface area contributed by atoms with Gasteiger partial charge in [0, 0.05) is 0 Å². The zero-order valence-electron chi connectivity index (χ0n) is 9.34. The Labute approximate surface area is 101 Å². The second-order valence-electron chi connectivity index (χ2n) is 3.86. The van der Waals surface area contributed by atoms with Crippen molar-refractivity contribution >= 4 is 29.1 Å². The van der Waals surface area contributed by atoms with Crippen LogP contribution in [0.4, 0.5) is 10.1 Å². The molecule has 0 spiro atoms. The van der Waals surface area contributed by atoms with Gasteiger partial charge in [0.15, 0.2) is 5.92 Å². The molecule has 0 N–H and O–H groups in total. The smallest absolute Gasteiger partial charge is 0.299 e. The molecule has 6 heteroatoms. The number of ketones is 2. The summed E-state index contributed by atoms with van der Waals surface area (Å²) in [5.41, 5.74) is 0.0727. The highest BCUT2D eigenvalue weighted by Crippen LogP contribution is 2.24. The van der Waals surface area contributed by atoms with Crippen LogP contribution in [0.1, 0.15) is 6.92 Å². The highest BCUT2D eigenvalue weighted by atomic mass is 19.1. The molecule has 1 fully saturated rings. The van der Waals surface area contributed by atoms with Crippen molar-refractivity contribution in [3.63, 3.8) is 0 Å². The number of Topliss-reactive ketones (excluding diaryl/α,β-unsaturated/α-hetero) is 2. The standard InChI is InChI=1S/C12H8FNO4/c1-6(15)9-10(16)12(18)14(11(9)17)8-4-2-7(13)3-5-8/h2-5,9H,1H3/t9-/m0/s1. The lowest BCUT2D eigenvalue weighted by atomic mass is 10.0. The third-order valence-corrected chi connectivity index (χ3v) is 2.63. The number of hydrogen-bond donors (Lipinski definition) is 0. The largest absolute Gasteiger partial charge is 0.302 e. The molecule has 0 saturated carbocycles. The number of carbonyl (C=O) groups excluding carboxylic acids is 4. The zero-order valence-corrected chi connectivity index (χ0v) is 9.34. The van der Waals surface area contributed by atoms with Crippen molar-refractivity contribution in [3.8, 4) is 0 Å². The lowest BCUT2D eigenvalue weighted by Gasteiger charge is -2.12. The van der Waals surface area contributed by atoms with Crippen LogP contribution < -0.4 is 4.90 Å². The predicted octanol–water partition coefficient (Wildman–Crippen LogP) is 0.473. The van der Waals surface area contributed by atoms with E-state index < -0.39 is 35.1 Å². The number of nitrogens with zero attached hydrogens (tertiary/aromatic N) is 1. The molecule has 5 nitrogen and oxygen atoms in total. The number of amides is 2. The highest BCUT2D eigenvalue weighted by molar-refractivity contribution is 6.59. The molecule has 2 amide bonds. The molecule has 0 unspecified atom stereocenters. The molecule has 1 aromatic rings. The highest BCUT2D eigenvalue weighted by Gasteiger charge is 2.49. The fourth-order valence-electron chi connectivity index (χ4n) is 1.77. The van der Waals surface area contributed by atoms with Crippen LogP contribution in [0, 0.1) is 11.7 Å². The Kier molecular flexibility index (Phi) is 2.78. The van der Waals surface area contributed by atoms with E-state index >= 15 is 0 Å². The average molecular weight is 249 g/mol. The Morgan fingerprint density at radius 2 is 1.72 bits per heavy atom. The SMILES string of the molecule is CC(=O)[C@H]1C(=O)C(=O)N(c2ccc(F)cc2)C1=O. The van der Waals surface area contributed by atoms with Crippen molar-refractivity contribution in [1.29, 1.82) is 0 Å². The first-order valence-corrected chi connectivity index (χ1v) is 5.11. The van der Waals surface area contributed by atoms with E-state index in [0.717, 1.165) is 19.1 Å². The van der Waals surface area contributed by atoms with Crippen LogP contribution in [0.3, 0.4) is 0 Å². The lowest BCUT2D eigenvalue weighted by molar-refractivity contribution is -0.139. The van der Waals surface area contributed by atoms with Gasteiger partial charge in [-0.2, -0.15) is 0 Å². The predicted molar refractivity (Wildman–Crippen MR) is 58.1 cm³/mol. The Hall–Kier alpha value is -2.37. The molecule has 1 atom stereocenters. The minimum absolute atomic E-state index is 0.0727. The Morgan fingerprint density at radius 3 is 2.17 bits per heavy atom. The number of halogens is 1. The van der Waals surface area contributed by atoms with E-state index in [-0.39, 0.29) is 5.69 Å². The third-order valence-electron chi connectivity index (χ3n) is 2.63. The fraction of sp³-hybridized carbons (Fsp3) is 0.167. The summed E-state index contributed by atoms with van der Waals surface area (Å²) in [6, 6.07) is 4.50. The van der Waals surface area contributed by atoms with Gasteiger partial charge in [0.1, 0.15) is 11.6 Å². The van der Waals surface area contributed by atoms with Gasteiger partial charge in [0.05, 0.1) is 5.69 Å². The van der Waals surface area contributed by atoms with Crippen LogP contribution in [0.5, 0.6) is 0 Å². The molecule has 18 heavy (non-hydrogen) atoms. The molecule has 0 bridgehead atoms. The number of carbonyl (C=O) groups is 4. The van der Waals surface area contributed by atoms with Crippen molar-refractivity contribution in [2.24, 2.45) is 5.92 Å². The first-order chi connectivity index (χ1) is 8.43. The van der Waals surface area contributed by atoms with Gasteiger partial charge >= 0.3 is 5.91 Å². The Bertz CT molecular complexity index is 564. The minimum Gasteiger partial charge on any atom is -0.299 e. The van der Waals surface area contributed by atoms with Crippen LogP contribution in [0.2, 0.25) is 0 Å².